The fourth-order valence-corrected chi connectivity index (χ4v) is 4.80. The van der Waals surface area contributed by atoms with Crippen molar-refractivity contribution < 1.29 is 13.2 Å². The average Bonchev–Trinajstić information content (AvgIpc) is 3.31. The largest absolute Gasteiger partial charge is 0.492 e. The van der Waals surface area contributed by atoms with Crippen LogP contribution in [0.1, 0.15) is 23.6 Å². The first-order valence-corrected chi connectivity index (χ1v) is 11.4. The summed E-state index contributed by atoms with van der Waals surface area (Å²) in [5, 5.41) is 3.63. The quantitative estimate of drug-likeness (QED) is 0.540. The molecule has 7 nitrogen and oxygen atoms in total. The molecule has 1 unspecified atom stereocenters. The van der Waals surface area contributed by atoms with E-state index >= 15 is 0 Å². The SMILES string of the molecule is Cn1cnc(S(=O)(=O)NCCOc2ccc3c(c2)C(C)(Cc2ccccc2)NC3)c1. The summed E-state index contributed by atoms with van der Waals surface area (Å²) >= 11 is 0. The van der Waals surface area contributed by atoms with Crippen molar-refractivity contribution in [2.75, 3.05) is 13.2 Å². The molecule has 0 amide bonds. The maximum atomic E-state index is 12.2. The number of benzene rings is 2. The summed E-state index contributed by atoms with van der Waals surface area (Å²) in [6.45, 7) is 3.42. The van der Waals surface area contributed by atoms with Crippen molar-refractivity contribution in [1.82, 2.24) is 19.6 Å². The fourth-order valence-electron chi connectivity index (χ4n) is 3.81. The molecule has 1 aromatic heterocycles. The lowest BCUT2D eigenvalue weighted by Gasteiger charge is -2.26. The standard InChI is InChI=1S/C22H26N4O3S/c1-22(13-17-6-4-3-5-7-17)20-12-19(9-8-18(20)14-24-22)29-11-10-25-30(27,28)21-15-26(2)16-23-21/h3-9,12,15-16,24-25H,10-11,13-14H2,1-2H3. The van der Waals surface area contributed by atoms with E-state index in [9.17, 15) is 8.42 Å². The summed E-state index contributed by atoms with van der Waals surface area (Å²) in [6, 6.07) is 16.5. The number of fused-ring (bicyclic) bond motifs is 1. The minimum absolute atomic E-state index is 0.00489. The smallest absolute Gasteiger partial charge is 0.259 e. The lowest BCUT2D eigenvalue weighted by Crippen LogP contribution is -2.35. The zero-order valence-corrected chi connectivity index (χ0v) is 17.9. The summed E-state index contributed by atoms with van der Waals surface area (Å²) < 4.78 is 34.4. The van der Waals surface area contributed by atoms with Crippen molar-refractivity contribution in [3.63, 3.8) is 0 Å². The van der Waals surface area contributed by atoms with Crippen LogP contribution in [0.2, 0.25) is 0 Å². The van der Waals surface area contributed by atoms with Gasteiger partial charge in [0.15, 0.2) is 5.03 Å². The van der Waals surface area contributed by atoms with Crippen molar-refractivity contribution >= 4 is 10.0 Å². The molecule has 0 fully saturated rings. The van der Waals surface area contributed by atoms with Crippen LogP contribution in [0.4, 0.5) is 0 Å². The van der Waals surface area contributed by atoms with E-state index in [1.165, 1.54) is 29.2 Å². The lowest BCUT2D eigenvalue weighted by molar-refractivity contribution is 0.321. The molecule has 4 rings (SSSR count). The number of ether oxygens (including phenoxy) is 1. The van der Waals surface area contributed by atoms with E-state index in [1.807, 2.05) is 12.1 Å². The molecule has 0 bridgehead atoms. The number of aromatic nitrogens is 2. The van der Waals surface area contributed by atoms with Crippen molar-refractivity contribution in [3.8, 4) is 5.75 Å². The highest BCUT2D eigenvalue weighted by Gasteiger charge is 2.34. The van der Waals surface area contributed by atoms with Crippen LogP contribution in [0.15, 0.2) is 66.1 Å². The van der Waals surface area contributed by atoms with Crippen LogP contribution in [-0.4, -0.2) is 31.1 Å². The predicted octanol–water partition coefficient (Wildman–Crippen LogP) is 2.34. The minimum Gasteiger partial charge on any atom is -0.492 e. The lowest BCUT2D eigenvalue weighted by atomic mass is 9.86. The number of hydrogen-bond donors (Lipinski definition) is 2. The summed E-state index contributed by atoms with van der Waals surface area (Å²) in [7, 11) is -1.90. The molecule has 1 aliphatic heterocycles. The molecule has 0 saturated heterocycles. The van der Waals surface area contributed by atoms with Crippen LogP contribution in [0, 0.1) is 0 Å². The van der Waals surface area contributed by atoms with E-state index in [1.54, 1.807) is 11.6 Å². The normalized spacial score (nSPS) is 18.3. The van der Waals surface area contributed by atoms with Gasteiger partial charge in [0.2, 0.25) is 0 Å². The van der Waals surface area contributed by atoms with E-state index in [0.717, 1.165) is 18.7 Å². The molecule has 8 heteroatoms. The molecule has 0 aliphatic carbocycles. The van der Waals surface area contributed by atoms with Gasteiger partial charge in [0, 0.05) is 31.9 Å². The Morgan fingerprint density at radius 2 is 2.03 bits per heavy atom. The van der Waals surface area contributed by atoms with Crippen LogP contribution in [-0.2, 0) is 35.6 Å². The van der Waals surface area contributed by atoms with Gasteiger partial charge in [-0.05, 0) is 42.2 Å². The first-order valence-electron chi connectivity index (χ1n) is 9.88. The third-order valence-electron chi connectivity index (χ3n) is 5.36. The molecule has 158 valence electrons. The minimum atomic E-state index is -3.63. The second-order valence-electron chi connectivity index (χ2n) is 7.79. The summed E-state index contributed by atoms with van der Waals surface area (Å²) in [6.07, 6.45) is 3.80. The van der Waals surface area contributed by atoms with Crippen LogP contribution < -0.4 is 14.8 Å². The highest BCUT2D eigenvalue weighted by atomic mass is 32.2. The molecule has 1 atom stereocenters. The third kappa shape index (κ3) is 4.40. The Hall–Kier alpha value is -2.68. The van der Waals surface area contributed by atoms with Gasteiger partial charge in [-0.3, -0.25) is 0 Å². The Morgan fingerprint density at radius 1 is 1.23 bits per heavy atom. The maximum Gasteiger partial charge on any atom is 0.259 e. The van der Waals surface area contributed by atoms with Crippen LogP contribution in [0.3, 0.4) is 0 Å². The molecule has 2 heterocycles. The molecular formula is C22H26N4O3S. The highest BCUT2D eigenvalue weighted by molar-refractivity contribution is 7.89. The van der Waals surface area contributed by atoms with Crippen molar-refractivity contribution in [2.24, 2.45) is 7.05 Å². The van der Waals surface area contributed by atoms with Gasteiger partial charge >= 0.3 is 0 Å². The van der Waals surface area contributed by atoms with Crippen molar-refractivity contribution in [1.29, 1.82) is 0 Å². The van der Waals surface area contributed by atoms with E-state index < -0.39 is 10.0 Å². The molecule has 2 N–H and O–H groups in total. The Bertz CT molecular complexity index is 1130. The Morgan fingerprint density at radius 3 is 2.77 bits per heavy atom. The number of nitrogens with one attached hydrogen (secondary N) is 2. The van der Waals surface area contributed by atoms with Crippen molar-refractivity contribution in [2.45, 2.75) is 30.5 Å². The van der Waals surface area contributed by atoms with E-state index in [0.29, 0.717) is 0 Å². The molecule has 2 aromatic carbocycles. The third-order valence-corrected chi connectivity index (χ3v) is 6.71. The molecule has 0 saturated carbocycles. The summed E-state index contributed by atoms with van der Waals surface area (Å²) in [4.78, 5) is 3.88. The van der Waals surface area contributed by atoms with Gasteiger partial charge in [0.25, 0.3) is 10.0 Å². The van der Waals surface area contributed by atoms with Crippen molar-refractivity contribution in [3.05, 3.63) is 77.7 Å². The van der Waals surface area contributed by atoms with Gasteiger partial charge in [-0.25, -0.2) is 18.1 Å². The number of aryl methyl sites for hydroxylation is 1. The van der Waals surface area contributed by atoms with E-state index in [4.69, 9.17) is 4.74 Å². The van der Waals surface area contributed by atoms with Crippen LogP contribution >= 0.6 is 0 Å². The molecule has 0 spiro atoms. The van der Waals surface area contributed by atoms with Gasteiger partial charge in [-0.15, -0.1) is 0 Å². The van der Waals surface area contributed by atoms with Gasteiger partial charge in [0.1, 0.15) is 12.4 Å². The van der Waals surface area contributed by atoms with E-state index in [2.05, 4.69) is 58.3 Å². The monoisotopic (exact) mass is 426 g/mol. The Balaban J connectivity index is 1.38. The average molecular weight is 427 g/mol. The van der Waals surface area contributed by atoms with Gasteiger partial charge in [-0.1, -0.05) is 36.4 Å². The molecule has 30 heavy (non-hydrogen) atoms. The van der Waals surface area contributed by atoms with Gasteiger partial charge in [-0.2, -0.15) is 0 Å². The van der Waals surface area contributed by atoms with Crippen LogP contribution in [0.25, 0.3) is 0 Å². The highest BCUT2D eigenvalue weighted by Crippen LogP contribution is 2.36. The van der Waals surface area contributed by atoms with Gasteiger partial charge < -0.3 is 14.6 Å². The topological polar surface area (TPSA) is 85.2 Å². The van der Waals surface area contributed by atoms with Crippen LogP contribution in [0.5, 0.6) is 5.75 Å². The zero-order valence-electron chi connectivity index (χ0n) is 17.1. The summed E-state index contributed by atoms with van der Waals surface area (Å²) in [5.74, 6) is 0.730. The molecule has 0 radical (unpaired) electrons. The summed E-state index contributed by atoms with van der Waals surface area (Å²) in [5.41, 5.74) is 3.58. The zero-order chi connectivity index (χ0) is 21.2. The Labute approximate surface area is 177 Å². The number of imidazole rings is 1. The first kappa shape index (κ1) is 20.6. The maximum absolute atomic E-state index is 12.2. The number of sulfonamides is 1. The number of hydrogen-bond acceptors (Lipinski definition) is 5. The fraction of sp³-hybridized carbons (Fsp3) is 0.318. The molecule has 3 aromatic rings. The molecular weight excluding hydrogens is 400 g/mol. The number of nitrogens with zero attached hydrogens (tertiary/aromatic N) is 2. The predicted molar refractivity (Wildman–Crippen MR) is 115 cm³/mol. The van der Waals surface area contributed by atoms with Gasteiger partial charge in [0.05, 0.1) is 6.33 Å². The number of rotatable bonds is 8. The second-order valence-corrected chi connectivity index (χ2v) is 9.50. The molecule has 1 aliphatic rings. The Kier molecular flexibility index (Phi) is 5.64. The van der Waals surface area contributed by atoms with E-state index in [-0.39, 0.29) is 23.7 Å². The second kappa shape index (κ2) is 8.22. The first-order chi connectivity index (χ1) is 14.4.